The average Bonchev–Trinajstić information content (AvgIpc) is 2.44. The quantitative estimate of drug-likeness (QED) is 0.494. The summed E-state index contributed by atoms with van der Waals surface area (Å²) in [7, 11) is 0. The van der Waals surface area contributed by atoms with Gasteiger partial charge in [0.1, 0.15) is 0 Å². The van der Waals surface area contributed by atoms with E-state index in [2.05, 4.69) is 22.6 Å². The van der Waals surface area contributed by atoms with E-state index in [0.29, 0.717) is 0 Å². The molecule has 6 rings (SSSR count). The van der Waals surface area contributed by atoms with E-state index in [1.807, 2.05) is 27.7 Å². The van der Waals surface area contributed by atoms with Gasteiger partial charge in [0.2, 0.25) is 5.91 Å². The van der Waals surface area contributed by atoms with Crippen LogP contribution in [-0.2, 0) is 14.4 Å². The molecule has 6 nitrogen and oxygen atoms in total. The maximum absolute atomic E-state index is 13.4. The summed E-state index contributed by atoms with van der Waals surface area (Å²) in [5.74, 6) is -2.71. The SMILES string of the molecule is CC(C)N(C(=O)C12C3C4C5(C(=O)O)C(C1C35I)C42C(=O)O)C(C)C. The number of nitrogens with zero attached hydrogens (tertiary/aromatic N) is 1. The van der Waals surface area contributed by atoms with Crippen molar-refractivity contribution >= 4 is 40.4 Å². The Kier molecular flexibility index (Phi) is 2.25. The minimum atomic E-state index is -1.10. The molecule has 24 heavy (non-hydrogen) atoms. The second kappa shape index (κ2) is 3.50. The number of rotatable bonds is 5. The van der Waals surface area contributed by atoms with Gasteiger partial charge < -0.3 is 15.1 Å². The molecule has 0 aliphatic heterocycles. The number of carboxylic acid groups (broad SMARTS) is 2. The number of carbonyl (C=O) groups excluding carboxylic acids is 1. The molecule has 6 saturated carbocycles. The second-order valence-corrected chi connectivity index (χ2v) is 10.6. The standard InChI is InChI=1S/C17H20INO5/c1-5(2)19(6(3)4)11(20)14-9-7-15(14,12(21)22)8-10(14)17(9,18)16(7,8)13(23)24/h5-10H,1-4H3,(H,21,22)(H,23,24). The van der Waals surface area contributed by atoms with Crippen LogP contribution in [-0.4, -0.2) is 48.5 Å². The minimum Gasteiger partial charge on any atom is -0.481 e. The van der Waals surface area contributed by atoms with Crippen molar-refractivity contribution < 1.29 is 24.6 Å². The molecule has 2 N–H and O–H groups in total. The first kappa shape index (κ1) is 15.4. The molecular weight excluding hydrogens is 425 g/mol. The third-order valence-electron chi connectivity index (χ3n) is 8.24. The molecule has 1 amide bonds. The van der Waals surface area contributed by atoms with Crippen LogP contribution in [0.25, 0.3) is 0 Å². The Labute approximate surface area is 153 Å². The number of carbonyl (C=O) groups is 3. The zero-order valence-corrected chi connectivity index (χ0v) is 16.1. The molecule has 0 spiro atoms. The van der Waals surface area contributed by atoms with Crippen LogP contribution in [0.15, 0.2) is 0 Å². The number of alkyl halides is 1. The molecule has 6 fully saturated rings. The van der Waals surface area contributed by atoms with Crippen molar-refractivity contribution in [2.45, 2.75) is 43.2 Å². The van der Waals surface area contributed by atoms with Crippen molar-refractivity contribution in [3.05, 3.63) is 0 Å². The Morgan fingerprint density at radius 1 is 0.833 bits per heavy atom. The number of halogens is 1. The van der Waals surface area contributed by atoms with Crippen molar-refractivity contribution in [2.75, 3.05) is 0 Å². The monoisotopic (exact) mass is 445 g/mol. The van der Waals surface area contributed by atoms with Crippen LogP contribution in [0.4, 0.5) is 0 Å². The first-order chi connectivity index (χ1) is 11.0. The fraction of sp³-hybridized carbons (Fsp3) is 0.824. The number of amides is 1. The highest BCUT2D eigenvalue weighted by Crippen LogP contribution is 3.17. The summed E-state index contributed by atoms with van der Waals surface area (Å²) in [6, 6.07) is 0.00475. The van der Waals surface area contributed by atoms with Crippen LogP contribution < -0.4 is 0 Å². The summed E-state index contributed by atoms with van der Waals surface area (Å²) < 4.78 is -0.390. The van der Waals surface area contributed by atoms with Crippen LogP contribution in [0, 0.1) is 39.9 Å². The van der Waals surface area contributed by atoms with Crippen LogP contribution in [0.5, 0.6) is 0 Å². The number of hydrogen-bond acceptors (Lipinski definition) is 3. The van der Waals surface area contributed by atoms with Crippen molar-refractivity contribution in [1.29, 1.82) is 0 Å². The molecule has 0 aromatic heterocycles. The van der Waals surface area contributed by atoms with E-state index in [0.717, 1.165) is 0 Å². The lowest BCUT2D eigenvalue weighted by Gasteiger charge is -3.14. The third-order valence-corrected chi connectivity index (χ3v) is 10.5. The van der Waals surface area contributed by atoms with Crippen LogP contribution in [0.3, 0.4) is 0 Å². The van der Waals surface area contributed by atoms with E-state index in [9.17, 15) is 24.6 Å². The smallest absolute Gasteiger partial charge is 0.311 e. The molecule has 6 aliphatic carbocycles. The fourth-order valence-electron chi connectivity index (χ4n) is 8.26. The Morgan fingerprint density at radius 2 is 1.25 bits per heavy atom. The van der Waals surface area contributed by atoms with Crippen molar-refractivity contribution in [2.24, 2.45) is 39.9 Å². The zero-order chi connectivity index (χ0) is 17.8. The number of aliphatic carboxylic acids is 2. The maximum atomic E-state index is 13.4. The van der Waals surface area contributed by atoms with E-state index >= 15 is 0 Å². The molecule has 0 bridgehead atoms. The first-order valence-electron chi connectivity index (χ1n) is 8.52. The van der Waals surface area contributed by atoms with Gasteiger partial charge >= 0.3 is 11.9 Å². The van der Waals surface area contributed by atoms with Gasteiger partial charge in [-0.1, -0.05) is 22.6 Å². The topological polar surface area (TPSA) is 94.9 Å². The molecule has 4 unspecified atom stereocenters. The summed E-state index contributed by atoms with van der Waals surface area (Å²) in [5, 5.41) is 19.7. The van der Waals surface area contributed by atoms with E-state index in [1.165, 1.54) is 0 Å². The highest BCUT2D eigenvalue weighted by atomic mass is 127. The van der Waals surface area contributed by atoms with Gasteiger partial charge in [0.25, 0.3) is 0 Å². The van der Waals surface area contributed by atoms with E-state index in [1.54, 1.807) is 4.90 Å². The van der Waals surface area contributed by atoms with Crippen molar-refractivity contribution in [3.63, 3.8) is 0 Å². The predicted octanol–water partition coefficient (Wildman–Crippen LogP) is 1.47. The number of carboxylic acids is 2. The minimum absolute atomic E-state index is 0.00238. The summed E-state index contributed by atoms with van der Waals surface area (Å²) in [6.45, 7) is 7.80. The Balaban J connectivity index is 1.61. The molecule has 4 atom stereocenters. The maximum Gasteiger partial charge on any atom is 0.311 e. The third kappa shape index (κ3) is 0.806. The van der Waals surface area contributed by atoms with Gasteiger partial charge in [-0.25, -0.2) is 0 Å². The first-order valence-corrected chi connectivity index (χ1v) is 9.60. The lowest BCUT2D eigenvalue weighted by molar-refractivity contribution is -0.633. The lowest BCUT2D eigenvalue weighted by atomic mass is 8.87. The summed E-state index contributed by atoms with van der Waals surface area (Å²) >= 11 is 2.23. The van der Waals surface area contributed by atoms with Gasteiger partial charge in [0.15, 0.2) is 0 Å². The average molecular weight is 445 g/mol. The second-order valence-electron chi connectivity index (χ2n) is 8.80. The lowest BCUT2D eigenvalue weighted by Crippen LogP contribution is -3.22. The normalized spacial score (nSPS) is 56.3. The van der Waals surface area contributed by atoms with Crippen molar-refractivity contribution in [1.82, 2.24) is 4.90 Å². The molecule has 0 aromatic rings. The van der Waals surface area contributed by atoms with Gasteiger partial charge in [0, 0.05) is 15.5 Å². The Bertz CT molecular complexity index is 730. The largest absolute Gasteiger partial charge is 0.481 e. The van der Waals surface area contributed by atoms with Gasteiger partial charge in [-0.05, 0) is 51.4 Å². The van der Waals surface area contributed by atoms with Crippen LogP contribution >= 0.6 is 22.6 Å². The van der Waals surface area contributed by atoms with Crippen molar-refractivity contribution in [3.8, 4) is 0 Å². The van der Waals surface area contributed by atoms with Crippen LogP contribution in [0.2, 0.25) is 0 Å². The summed E-state index contributed by atoms with van der Waals surface area (Å²) in [4.78, 5) is 39.3. The molecule has 7 heteroatoms. The van der Waals surface area contributed by atoms with Gasteiger partial charge in [-0.3, -0.25) is 14.4 Å². The fourth-order valence-corrected chi connectivity index (χ4v) is 10.9. The highest BCUT2D eigenvalue weighted by Gasteiger charge is 3.25. The van der Waals surface area contributed by atoms with E-state index in [4.69, 9.17) is 0 Å². The Hall–Kier alpha value is -0.860. The Morgan fingerprint density at radius 3 is 1.58 bits per heavy atom. The summed E-state index contributed by atoms with van der Waals surface area (Å²) in [6.07, 6.45) is 0. The molecule has 0 heterocycles. The van der Waals surface area contributed by atoms with E-state index < -0.39 is 31.6 Å². The van der Waals surface area contributed by atoms with Crippen LogP contribution in [0.1, 0.15) is 27.7 Å². The van der Waals surface area contributed by atoms with Gasteiger partial charge in [-0.2, -0.15) is 0 Å². The molecule has 0 saturated heterocycles. The van der Waals surface area contributed by atoms with Gasteiger partial charge in [0.05, 0.1) is 16.2 Å². The molecule has 6 aliphatic rings. The predicted molar refractivity (Wildman–Crippen MR) is 90.4 cm³/mol. The molecular formula is C17H20INO5. The van der Waals surface area contributed by atoms with Gasteiger partial charge in [-0.15, -0.1) is 0 Å². The highest BCUT2D eigenvalue weighted by molar-refractivity contribution is 14.1. The summed E-state index contributed by atoms with van der Waals surface area (Å²) in [5.41, 5.74) is -2.81. The molecule has 0 aromatic carbocycles. The zero-order valence-electron chi connectivity index (χ0n) is 13.9. The number of hydrogen-bond donors (Lipinski definition) is 2. The molecule has 0 radical (unpaired) electrons. The molecule has 130 valence electrons. The van der Waals surface area contributed by atoms with E-state index in [-0.39, 0.29) is 41.7 Å².